The molecule has 1 aromatic heterocycles. The zero-order chi connectivity index (χ0) is 14.0. The molecular weight excluding hydrogens is 240 g/mol. The number of rotatable bonds is 2. The van der Waals surface area contributed by atoms with Gasteiger partial charge in [-0.2, -0.15) is 0 Å². The highest BCUT2D eigenvalue weighted by atomic mass is 16.2. The summed E-state index contributed by atoms with van der Waals surface area (Å²) in [5.41, 5.74) is 1.11. The van der Waals surface area contributed by atoms with Gasteiger partial charge >= 0.3 is 0 Å². The molecule has 1 aromatic rings. The Labute approximate surface area is 114 Å². The fraction of sp³-hybridized carbons (Fsp3) is 0.643. The van der Waals surface area contributed by atoms with Gasteiger partial charge in [-0.3, -0.25) is 4.79 Å². The van der Waals surface area contributed by atoms with Crippen LogP contribution in [0.15, 0.2) is 6.07 Å². The average molecular weight is 262 g/mol. The van der Waals surface area contributed by atoms with Gasteiger partial charge in [0.2, 0.25) is 5.91 Å². The highest BCUT2D eigenvalue weighted by Gasteiger charge is 2.23. The minimum absolute atomic E-state index is 0.172. The largest absolute Gasteiger partial charge is 0.363 e. The van der Waals surface area contributed by atoms with Crippen LogP contribution in [0, 0.1) is 6.92 Å². The third-order valence-corrected chi connectivity index (χ3v) is 3.66. The Morgan fingerprint density at radius 2 is 1.95 bits per heavy atom. The van der Waals surface area contributed by atoms with E-state index in [2.05, 4.69) is 16.0 Å². The fourth-order valence-electron chi connectivity index (χ4n) is 2.50. The van der Waals surface area contributed by atoms with E-state index in [9.17, 15) is 4.79 Å². The molecule has 2 rings (SSSR count). The first-order chi connectivity index (χ1) is 8.97. The lowest BCUT2D eigenvalue weighted by molar-refractivity contribution is -0.129. The van der Waals surface area contributed by atoms with Crippen molar-refractivity contribution in [3.63, 3.8) is 0 Å². The first-order valence-corrected chi connectivity index (χ1v) is 6.76. The molecule has 1 aliphatic rings. The van der Waals surface area contributed by atoms with Gasteiger partial charge in [-0.1, -0.05) is 0 Å². The van der Waals surface area contributed by atoms with Crippen LogP contribution in [0.5, 0.6) is 0 Å². The van der Waals surface area contributed by atoms with Crippen LogP contribution in [-0.4, -0.2) is 48.0 Å². The molecule has 0 radical (unpaired) electrons. The van der Waals surface area contributed by atoms with E-state index in [1.54, 1.807) is 6.92 Å². The molecule has 0 bridgehead atoms. The molecule has 0 aliphatic carbocycles. The van der Waals surface area contributed by atoms with Gasteiger partial charge in [-0.15, -0.1) is 0 Å². The Hall–Kier alpha value is -1.65. The fourth-order valence-corrected chi connectivity index (χ4v) is 2.50. The van der Waals surface area contributed by atoms with Gasteiger partial charge in [0.05, 0.1) is 0 Å². The summed E-state index contributed by atoms with van der Waals surface area (Å²) in [6, 6.07) is 2.07. The topological polar surface area (TPSA) is 49.3 Å². The quantitative estimate of drug-likeness (QED) is 0.812. The lowest BCUT2D eigenvalue weighted by atomic mass is 9.93. The molecule has 5 heteroatoms. The number of piperidine rings is 1. The van der Waals surface area contributed by atoms with Gasteiger partial charge in [0, 0.05) is 51.8 Å². The van der Waals surface area contributed by atoms with Crippen LogP contribution < -0.4 is 4.90 Å². The number of carbonyl (C=O) groups is 1. The smallest absolute Gasteiger partial charge is 0.219 e. The minimum atomic E-state index is 0.172. The highest BCUT2D eigenvalue weighted by Crippen LogP contribution is 2.28. The van der Waals surface area contributed by atoms with Gasteiger partial charge in [-0.25, -0.2) is 9.97 Å². The van der Waals surface area contributed by atoms with E-state index in [-0.39, 0.29) is 5.91 Å². The number of likely N-dealkylation sites (tertiary alicyclic amines) is 1. The van der Waals surface area contributed by atoms with Crippen LogP contribution in [0.4, 0.5) is 5.82 Å². The van der Waals surface area contributed by atoms with Crippen molar-refractivity contribution in [3.8, 4) is 0 Å². The molecule has 5 nitrogen and oxygen atoms in total. The van der Waals surface area contributed by atoms with Crippen molar-refractivity contribution < 1.29 is 4.79 Å². The highest BCUT2D eigenvalue weighted by molar-refractivity contribution is 5.73. The van der Waals surface area contributed by atoms with Crippen molar-refractivity contribution in [1.29, 1.82) is 0 Å². The average Bonchev–Trinajstić information content (AvgIpc) is 2.38. The lowest BCUT2D eigenvalue weighted by Gasteiger charge is -2.31. The normalized spacial score (nSPS) is 16.5. The number of carbonyl (C=O) groups excluding carboxylic acids is 1. The predicted octanol–water partition coefficient (Wildman–Crippen LogP) is 1.58. The molecule has 1 aliphatic heterocycles. The number of hydrogen-bond acceptors (Lipinski definition) is 4. The van der Waals surface area contributed by atoms with Gasteiger partial charge in [0.1, 0.15) is 11.6 Å². The minimum Gasteiger partial charge on any atom is -0.363 e. The van der Waals surface area contributed by atoms with Gasteiger partial charge in [-0.05, 0) is 19.8 Å². The summed E-state index contributed by atoms with van der Waals surface area (Å²) in [6.45, 7) is 5.24. The lowest BCUT2D eigenvalue weighted by Crippen LogP contribution is -2.36. The molecule has 1 amide bonds. The van der Waals surface area contributed by atoms with E-state index in [4.69, 9.17) is 0 Å². The summed E-state index contributed by atoms with van der Waals surface area (Å²) in [4.78, 5) is 24.2. The Bertz CT molecular complexity index is 465. The predicted molar refractivity (Wildman–Crippen MR) is 75.3 cm³/mol. The maximum absolute atomic E-state index is 11.3. The first-order valence-electron chi connectivity index (χ1n) is 6.76. The van der Waals surface area contributed by atoms with E-state index >= 15 is 0 Å². The maximum Gasteiger partial charge on any atom is 0.219 e. The molecule has 19 heavy (non-hydrogen) atoms. The molecule has 0 spiro atoms. The first kappa shape index (κ1) is 13.8. The summed E-state index contributed by atoms with van der Waals surface area (Å²) in [7, 11) is 3.98. The summed E-state index contributed by atoms with van der Waals surface area (Å²) in [5.74, 6) is 2.38. The van der Waals surface area contributed by atoms with Gasteiger partial charge < -0.3 is 9.80 Å². The van der Waals surface area contributed by atoms with Gasteiger partial charge in [0.15, 0.2) is 0 Å². The number of aryl methyl sites for hydroxylation is 1. The number of hydrogen-bond donors (Lipinski definition) is 0. The molecular formula is C14H22N4O. The monoisotopic (exact) mass is 262 g/mol. The van der Waals surface area contributed by atoms with Crippen LogP contribution >= 0.6 is 0 Å². The van der Waals surface area contributed by atoms with Crippen LogP contribution in [0.1, 0.15) is 37.2 Å². The molecule has 0 atom stereocenters. The van der Waals surface area contributed by atoms with Crippen molar-refractivity contribution >= 4 is 11.7 Å². The molecule has 0 aromatic carbocycles. The molecule has 104 valence electrons. The van der Waals surface area contributed by atoms with Crippen LogP contribution in [-0.2, 0) is 4.79 Å². The van der Waals surface area contributed by atoms with Crippen molar-refractivity contribution in [1.82, 2.24) is 14.9 Å². The number of amides is 1. The van der Waals surface area contributed by atoms with E-state index < -0.39 is 0 Å². The summed E-state index contributed by atoms with van der Waals surface area (Å²) in [6.07, 6.45) is 1.98. The summed E-state index contributed by atoms with van der Waals surface area (Å²) >= 11 is 0. The van der Waals surface area contributed by atoms with Crippen molar-refractivity contribution in [2.45, 2.75) is 32.6 Å². The van der Waals surface area contributed by atoms with Crippen molar-refractivity contribution in [2.75, 3.05) is 32.1 Å². The molecule has 0 unspecified atom stereocenters. The van der Waals surface area contributed by atoms with E-state index in [1.165, 1.54) is 0 Å². The third-order valence-electron chi connectivity index (χ3n) is 3.66. The molecule has 1 fully saturated rings. The van der Waals surface area contributed by atoms with Crippen molar-refractivity contribution in [3.05, 3.63) is 17.6 Å². The second-order valence-electron chi connectivity index (χ2n) is 5.37. The summed E-state index contributed by atoms with van der Waals surface area (Å²) in [5, 5.41) is 0. The zero-order valence-corrected chi connectivity index (χ0v) is 12.2. The second kappa shape index (κ2) is 5.55. The molecule has 1 saturated heterocycles. The molecule has 0 N–H and O–H groups in total. The van der Waals surface area contributed by atoms with Crippen LogP contribution in [0.2, 0.25) is 0 Å². The number of aromatic nitrogens is 2. The Morgan fingerprint density at radius 3 is 2.47 bits per heavy atom. The van der Waals surface area contributed by atoms with E-state index in [0.717, 1.165) is 43.3 Å². The van der Waals surface area contributed by atoms with E-state index in [0.29, 0.717) is 5.92 Å². The summed E-state index contributed by atoms with van der Waals surface area (Å²) < 4.78 is 0. The third kappa shape index (κ3) is 3.22. The molecule has 2 heterocycles. The Morgan fingerprint density at radius 1 is 1.32 bits per heavy atom. The Balaban J connectivity index is 2.13. The second-order valence-corrected chi connectivity index (χ2v) is 5.37. The molecule has 0 saturated carbocycles. The SMILES string of the molecule is CC(=O)N1CCC(c2cc(N(C)C)nc(C)n2)CC1. The van der Waals surface area contributed by atoms with Crippen molar-refractivity contribution in [2.24, 2.45) is 0 Å². The van der Waals surface area contributed by atoms with Gasteiger partial charge in [0.25, 0.3) is 0 Å². The van der Waals surface area contributed by atoms with E-state index in [1.807, 2.05) is 30.8 Å². The maximum atomic E-state index is 11.3. The standard InChI is InChI=1S/C14H22N4O/c1-10-15-13(9-14(16-10)17(3)4)12-5-7-18(8-6-12)11(2)19/h9,12H,5-8H2,1-4H3. The van der Waals surface area contributed by atoms with Crippen LogP contribution in [0.3, 0.4) is 0 Å². The zero-order valence-electron chi connectivity index (χ0n) is 12.2. The number of anilines is 1. The Kier molecular flexibility index (Phi) is 4.02. The number of nitrogens with zero attached hydrogens (tertiary/aromatic N) is 4. The van der Waals surface area contributed by atoms with Crippen LogP contribution in [0.25, 0.3) is 0 Å².